The van der Waals surface area contributed by atoms with Crippen molar-refractivity contribution in [2.24, 2.45) is 5.92 Å². The SMILES string of the molecule is FC(F)C(F)(F)C1CCCC1. The van der Waals surface area contributed by atoms with Crippen LogP contribution in [0.4, 0.5) is 17.6 Å². The molecule has 1 aliphatic rings. The van der Waals surface area contributed by atoms with E-state index >= 15 is 0 Å². The van der Waals surface area contributed by atoms with Gasteiger partial charge in [-0.3, -0.25) is 0 Å². The molecule has 1 rings (SSSR count). The van der Waals surface area contributed by atoms with Gasteiger partial charge in [-0.05, 0) is 12.8 Å². The molecule has 0 amide bonds. The maximum absolute atomic E-state index is 12.5. The molecule has 0 nitrogen and oxygen atoms in total. The third-order valence-electron chi connectivity index (χ3n) is 2.19. The van der Waals surface area contributed by atoms with Gasteiger partial charge in [0.15, 0.2) is 0 Å². The molecule has 0 aliphatic heterocycles. The van der Waals surface area contributed by atoms with E-state index in [9.17, 15) is 17.6 Å². The van der Waals surface area contributed by atoms with E-state index in [1.165, 1.54) is 0 Å². The highest BCUT2D eigenvalue weighted by atomic mass is 19.3. The fraction of sp³-hybridized carbons (Fsp3) is 1.00. The molecule has 0 unspecified atom stereocenters. The van der Waals surface area contributed by atoms with Gasteiger partial charge in [0, 0.05) is 5.92 Å². The van der Waals surface area contributed by atoms with Crippen LogP contribution in [0.5, 0.6) is 0 Å². The van der Waals surface area contributed by atoms with Crippen molar-refractivity contribution >= 4 is 0 Å². The van der Waals surface area contributed by atoms with Crippen LogP contribution in [0, 0.1) is 5.92 Å². The molecule has 0 N–H and O–H groups in total. The minimum atomic E-state index is -3.75. The molecule has 1 aliphatic carbocycles. The smallest absolute Gasteiger partial charge is 0.204 e. The van der Waals surface area contributed by atoms with E-state index in [4.69, 9.17) is 0 Å². The van der Waals surface area contributed by atoms with E-state index in [-0.39, 0.29) is 12.8 Å². The molecule has 66 valence electrons. The first-order valence-electron chi connectivity index (χ1n) is 3.71. The van der Waals surface area contributed by atoms with Crippen molar-refractivity contribution in [1.82, 2.24) is 0 Å². The molecule has 0 aromatic heterocycles. The largest absolute Gasteiger partial charge is 0.310 e. The molecule has 0 bridgehead atoms. The van der Waals surface area contributed by atoms with Crippen molar-refractivity contribution in [3.8, 4) is 0 Å². The van der Waals surface area contributed by atoms with Gasteiger partial charge >= 0.3 is 12.3 Å². The zero-order valence-corrected chi connectivity index (χ0v) is 5.99. The van der Waals surface area contributed by atoms with Crippen molar-refractivity contribution in [2.45, 2.75) is 38.0 Å². The van der Waals surface area contributed by atoms with Crippen molar-refractivity contribution in [3.63, 3.8) is 0 Å². The lowest BCUT2D eigenvalue weighted by Crippen LogP contribution is -2.34. The van der Waals surface area contributed by atoms with E-state index in [1.54, 1.807) is 0 Å². The van der Waals surface area contributed by atoms with Gasteiger partial charge in [0.25, 0.3) is 0 Å². The highest BCUT2D eigenvalue weighted by molar-refractivity contribution is 4.83. The van der Waals surface area contributed by atoms with Crippen LogP contribution < -0.4 is 0 Å². The molecule has 0 heterocycles. The summed E-state index contributed by atoms with van der Waals surface area (Å²) in [4.78, 5) is 0. The van der Waals surface area contributed by atoms with Crippen LogP contribution in [0.3, 0.4) is 0 Å². The van der Waals surface area contributed by atoms with Gasteiger partial charge in [-0.1, -0.05) is 12.8 Å². The lowest BCUT2D eigenvalue weighted by molar-refractivity contribution is -0.163. The first-order valence-corrected chi connectivity index (χ1v) is 3.71. The molecule has 0 aromatic rings. The lowest BCUT2D eigenvalue weighted by Gasteiger charge is -2.21. The maximum atomic E-state index is 12.5. The Hall–Kier alpha value is -0.280. The van der Waals surface area contributed by atoms with Crippen LogP contribution in [-0.4, -0.2) is 12.3 Å². The average molecular weight is 170 g/mol. The maximum Gasteiger partial charge on any atom is 0.310 e. The Morgan fingerprint density at radius 3 is 1.91 bits per heavy atom. The third-order valence-corrected chi connectivity index (χ3v) is 2.19. The Bertz CT molecular complexity index is 126. The molecule has 0 aromatic carbocycles. The molecule has 0 spiro atoms. The predicted octanol–water partition coefficient (Wildman–Crippen LogP) is 3.08. The van der Waals surface area contributed by atoms with Gasteiger partial charge in [0.1, 0.15) is 0 Å². The van der Waals surface area contributed by atoms with E-state index in [0.717, 1.165) is 0 Å². The second-order valence-corrected chi connectivity index (χ2v) is 2.96. The number of rotatable bonds is 2. The number of hydrogen-bond donors (Lipinski definition) is 0. The minimum absolute atomic E-state index is 0.247. The third kappa shape index (κ3) is 1.65. The molecule has 0 radical (unpaired) electrons. The monoisotopic (exact) mass is 170 g/mol. The second kappa shape index (κ2) is 2.99. The summed E-state index contributed by atoms with van der Waals surface area (Å²) in [6.07, 6.45) is -1.68. The highest BCUT2D eigenvalue weighted by Crippen LogP contribution is 2.41. The predicted molar refractivity (Wildman–Crippen MR) is 32.9 cm³/mol. The minimum Gasteiger partial charge on any atom is -0.204 e. The number of alkyl halides is 4. The highest BCUT2D eigenvalue weighted by Gasteiger charge is 2.48. The van der Waals surface area contributed by atoms with Crippen molar-refractivity contribution in [3.05, 3.63) is 0 Å². The molecular weight excluding hydrogens is 160 g/mol. The zero-order chi connectivity index (χ0) is 8.48. The summed E-state index contributed by atoms with van der Waals surface area (Å²) in [5.74, 6) is -4.83. The van der Waals surface area contributed by atoms with Gasteiger partial charge in [0.2, 0.25) is 0 Å². The molecule has 0 saturated heterocycles. The van der Waals surface area contributed by atoms with Crippen molar-refractivity contribution < 1.29 is 17.6 Å². The Morgan fingerprint density at radius 2 is 1.55 bits per heavy atom. The Balaban J connectivity index is 2.55. The van der Waals surface area contributed by atoms with Crippen molar-refractivity contribution in [1.29, 1.82) is 0 Å². The first-order chi connectivity index (χ1) is 5.05. The Kier molecular flexibility index (Phi) is 2.40. The summed E-state index contributed by atoms with van der Waals surface area (Å²) in [7, 11) is 0. The fourth-order valence-electron chi connectivity index (χ4n) is 1.49. The molecular formula is C7H10F4. The van der Waals surface area contributed by atoms with Gasteiger partial charge < -0.3 is 0 Å². The Morgan fingerprint density at radius 1 is 1.09 bits per heavy atom. The van der Waals surface area contributed by atoms with Crippen LogP contribution in [0.15, 0.2) is 0 Å². The average Bonchev–Trinajstić information content (AvgIpc) is 2.37. The van der Waals surface area contributed by atoms with Crippen LogP contribution in [0.25, 0.3) is 0 Å². The van der Waals surface area contributed by atoms with Gasteiger partial charge in [-0.15, -0.1) is 0 Å². The van der Waals surface area contributed by atoms with Crippen molar-refractivity contribution in [2.75, 3.05) is 0 Å². The summed E-state index contributed by atoms with van der Waals surface area (Å²) in [5.41, 5.74) is 0. The Labute approximate surface area is 62.6 Å². The lowest BCUT2D eigenvalue weighted by atomic mass is 10.0. The summed E-state index contributed by atoms with van der Waals surface area (Å²) >= 11 is 0. The van der Waals surface area contributed by atoms with Crippen LogP contribution >= 0.6 is 0 Å². The standard InChI is InChI=1S/C7H10F4/c8-6(9)7(10,11)5-3-1-2-4-5/h5-6H,1-4H2. The fourth-order valence-corrected chi connectivity index (χ4v) is 1.49. The van der Waals surface area contributed by atoms with Crippen LogP contribution in [0.2, 0.25) is 0 Å². The second-order valence-electron chi connectivity index (χ2n) is 2.96. The zero-order valence-electron chi connectivity index (χ0n) is 5.99. The van der Waals surface area contributed by atoms with Crippen LogP contribution in [-0.2, 0) is 0 Å². The first kappa shape index (κ1) is 8.81. The molecule has 4 heteroatoms. The summed E-state index contributed by atoms with van der Waals surface area (Å²) in [6, 6.07) is 0. The normalized spacial score (nSPS) is 21.5. The topological polar surface area (TPSA) is 0 Å². The van der Waals surface area contributed by atoms with E-state index in [1.807, 2.05) is 0 Å². The van der Waals surface area contributed by atoms with Gasteiger partial charge in [-0.25, -0.2) is 8.78 Å². The summed E-state index contributed by atoms with van der Waals surface area (Å²) in [6.45, 7) is 0. The molecule has 0 atom stereocenters. The van der Waals surface area contributed by atoms with E-state index < -0.39 is 18.3 Å². The molecule has 1 fully saturated rings. The van der Waals surface area contributed by atoms with E-state index in [0.29, 0.717) is 12.8 Å². The molecule has 11 heavy (non-hydrogen) atoms. The summed E-state index contributed by atoms with van der Waals surface area (Å²) < 4.78 is 48.4. The number of hydrogen-bond acceptors (Lipinski definition) is 0. The van der Waals surface area contributed by atoms with Gasteiger partial charge in [-0.2, -0.15) is 8.78 Å². The quantitative estimate of drug-likeness (QED) is 0.558. The number of halogens is 4. The van der Waals surface area contributed by atoms with E-state index in [2.05, 4.69) is 0 Å². The van der Waals surface area contributed by atoms with Crippen LogP contribution in [0.1, 0.15) is 25.7 Å². The summed E-state index contributed by atoms with van der Waals surface area (Å²) in [5, 5.41) is 0. The molecule has 1 saturated carbocycles. The van der Waals surface area contributed by atoms with Gasteiger partial charge in [0.05, 0.1) is 0 Å².